The molecule has 1 saturated heterocycles. The van der Waals surface area contributed by atoms with E-state index in [4.69, 9.17) is 0 Å². The van der Waals surface area contributed by atoms with Gasteiger partial charge in [-0.1, -0.05) is 13.8 Å². The first kappa shape index (κ1) is 10.4. The fourth-order valence-corrected chi connectivity index (χ4v) is 1.34. The number of nitrogens with one attached hydrogen (secondary N) is 2. The van der Waals surface area contributed by atoms with Crippen LogP contribution in [0, 0.1) is 5.41 Å². The average molecular weight is 192 g/mol. The van der Waals surface area contributed by atoms with Gasteiger partial charge in [-0.15, -0.1) is 0 Å². The first-order valence-corrected chi connectivity index (χ1v) is 4.23. The molecule has 1 amide bonds. The maximum absolute atomic E-state index is 11.7. The highest BCUT2D eigenvalue weighted by atomic mass is 19.3. The lowest BCUT2D eigenvalue weighted by atomic mass is 9.77. The highest BCUT2D eigenvalue weighted by Gasteiger charge is 2.42. The van der Waals surface area contributed by atoms with Crippen LogP contribution in [0.3, 0.4) is 0 Å². The Morgan fingerprint density at radius 3 is 2.62 bits per heavy atom. The quantitative estimate of drug-likeness (QED) is 0.678. The van der Waals surface area contributed by atoms with Crippen molar-refractivity contribution in [1.82, 2.24) is 10.6 Å². The standard InChI is InChI=1S/C8H14F2N2O/c1-8(2)4-12-6(8)7(13)11-3-5(9)10/h5-6,12H,3-4H2,1-2H3,(H,11,13). The Labute approximate surface area is 75.9 Å². The van der Waals surface area contributed by atoms with Crippen molar-refractivity contribution in [3.63, 3.8) is 0 Å². The monoisotopic (exact) mass is 192 g/mol. The van der Waals surface area contributed by atoms with Crippen molar-refractivity contribution in [2.24, 2.45) is 5.41 Å². The van der Waals surface area contributed by atoms with E-state index < -0.39 is 13.0 Å². The summed E-state index contributed by atoms with van der Waals surface area (Å²) in [7, 11) is 0. The summed E-state index contributed by atoms with van der Waals surface area (Å²) in [5.74, 6) is -0.337. The molecule has 0 saturated carbocycles. The Morgan fingerprint density at radius 1 is 1.69 bits per heavy atom. The third kappa shape index (κ3) is 2.37. The van der Waals surface area contributed by atoms with E-state index in [2.05, 4.69) is 10.6 Å². The number of halogens is 2. The normalized spacial score (nSPS) is 25.5. The number of amides is 1. The van der Waals surface area contributed by atoms with Crippen LogP contribution < -0.4 is 10.6 Å². The van der Waals surface area contributed by atoms with Crippen LogP contribution >= 0.6 is 0 Å². The van der Waals surface area contributed by atoms with Gasteiger partial charge >= 0.3 is 0 Å². The van der Waals surface area contributed by atoms with Gasteiger partial charge in [0, 0.05) is 12.0 Å². The lowest BCUT2D eigenvalue weighted by Crippen LogP contribution is -2.65. The fourth-order valence-electron chi connectivity index (χ4n) is 1.34. The van der Waals surface area contributed by atoms with Gasteiger partial charge in [-0.3, -0.25) is 4.79 Å². The first-order valence-electron chi connectivity index (χ1n) is 4.23. The van der Waals surface area contributed by atoms with Crippen molar-refractivity contribution in [2.75, 3.05) is 13.1 Å². The van der Waals surface area contributed by atoms with E-state index in [1.165, 1.54) is 0 Å². The zero-order valence-corrected chi connectivity index (χ0v) is 7.73. The Morgan fingerprint density at radius 2 is 2.31 bits per heavy atom. The first-order chi connectivity index (χ1) is 5.93. The number of rotatable bonds is 3. The summed E-state index contributed by atoms with van der Waals surface area (Å²) in [6, 6.07) is -0.328. The molecule has 2 N–H and O–H groups in total. The minimum absolute atomic E-state index is 0.119. The van der Waals surface area contributed by atoms with Crippen LogP contribution in [0.15, 0.2) is 0 Å². The van der Waals surface area contributed by atoms with Gasteiger partial charge in [-0.25, -0.2) is 8.78 Å². The van der Waals surface area contributed by atoms with Crippen LogP contribution in [0.1, 0.15) is 13.8 Å². The van der Waals surface area contributed by atoms with Crippen LogP contribution in [0.4, 0.5) is 8.78 Å². The SMILES string of the molecule is CC1(C)CNC1C(=O)NCC(F)F. The van der Waals surface area contributed by atoms with Gasteiger partial charge in [0.1, 0.15) is 0 Å². The number of carbonyl (C=O) groups is 1. The van der Waals surface area contributed by atoms with E-state index in [1.807, 2.05) is 13.8 Å². The number of carbonyl (C=O) groups excluding carboxylic acids is 1. The van der Waals surface area contributed by atoms with Crippen molar-refractivity contribution in [3.05, 3.63) is 0 Å². The maximum atomic E-state index is 11.7. The van der Waals surface area contributed by atoms with Gasteiger partial charge in [0.15, 0.2) is 0 Å². The lowest BCUT2D eigenvalue weighted by molar-refractivity contribution is -0.130. The Kier molecular flexibility index (Phi) is 2.85. The zero-order valence-electron chi connectivity index (χ0n) is 7.73. The van der Waals surface area contributed by atoms with Gasteiger partial charge in [-0.2, -0.15) is 0 Å². The summed E-state index contributed by atoms with van der Waals surface area (Å²) < 4.78 is 23.5. The van der Waals surface area contributed by atoms with Crippen molar-refractivity contribution in [2.45, 2.75) is 26.3 Å². The molecular formula is C8H14F2N2O. The summed E-state index contributed by atoms with van der Waals surface area (Å²) >= 11 is 0. The second-order valence-corrected chi connectivity index (χ2v) is 3.94. The van der Waals surface area contributed by atoms with Crippen molar-refractivity contribution < 1.29 is 13.6 Å². The van der Waals surface area contributed by atoms with E-state index in [0.717, 1.165) is 6.54 Å². The molecule has 0 aromatic carbocycles. The molecule has 1 rings (SSSR count). The Balaban J connectivity index is 2.32. The summed E-state index contributed by atoms with van der Waals surface area (Å²) in [5, 5.41) is 5.09. The third-order valence-electron chi connectivity index (χ3n) is 2.24. The molecule has 0 aliphatic carbocycles. The summed E-state index contributed by atoms with van der Waals surface area (Å²) in [6.45, 7) is 4.04. The van der Waals surface area contributed by atoms with Gasteiger partial charge < -0.3 is 10.6 Å². The molecule has 0 spiro atoms. The van der Waals surface area contributed by atoms with Crippen LogP contribution in [0.5, 0.6) is 0 Å². The predicted molar refractivity (Wildman–Crippen MR) is 44.6 cm³/mol. The minimum Gasteiger partial charge on any atom is -0.349 e. The van der Waals surface area contributed by atoms with Crippen LogP contribution in [-0.2, 0) is 4.79 Å². The fraction of sp³-hybridized carbons (Fsp3) is 0.875. The second kappa shape index (κ2) is 3.57. The summed E-state index contributed by atoms with van der Waals surface area (Å²) in [5.41, 5.74) is -0.119. The van der Waals surface area contributed by atoms with Crippen LogP contribution in [-0.4, -0.2) is 31.5 Å². The molecule has 76 valence electrons. The molecule has 1 unspecified atom stereocenters. The minimum atomic E-state index is -2.48. The molecule has 0 aromatic heterocycles. The third-order valence-corrected chi connectivity index (χ3v) is 2.24. The van der Waals surface area contributed by atoms with Gasteiger partial charge in [-0.05, 0) is 0 Å². The molecule has 1 heterocycles. The number of hydrogen-bond donors (Lipinski definition) is 2. The maximum Gasteiger partial charge on any atom is 0.255 e. The molecule has 13 heavy (non-hydrogen) atoms. The smallest absolute Gasteiger partial charge is 0.255 e. The largest absolute Gasteiger partial charge is 0.349 e. The molecule has 3 nitrogen and oxygen atoms in total. The van der Waals surface area contributed by atoms with Gasteiger partial charge in [0.2, 0.25) is 5.91 Å². The van der Waals surface area contributed by atoms with Crippen molar-refractivity contribution in [3.8, 4) is 0 Å². The molecular weight excluding hydrogens is 178 g/mol. The Hall–Kier alpha value is -0.710. The summed E-state index contributed by atoms with van der Waals surface area (Å²) in [4.78, 5) is 11.2. The van der Waals surface area contributed by atoms with E-state index >= 15 is 0 Å². The lowest BCUT2D eigenvalue weighted by Gasteiger charge is -2.44. The molecule has 0 aromatic rings. The van der Waals surface area contributed by atoms with E-state index in [-0.39, 0.29) is 17.4 Å². The zero-order chi connectivity index (χ0) is 10.1. The number of alkyl halides is 2. The molecule has 1 fully saturated rings. The molecule has 0 bridgehead atoms. The van der Waals surface area contributed by atoms with Gasteiger partial charge in [0.05, 0.1) is 12.6 Å². The van der Waals surface area contributed by atoms with Crippen LogP contribution in [0.2, 0.25) is 0 Å². The highest BCUT2D eigenvalue weighted by molar-refractivity contribution is 5.83. The van der Waals surface area contributed by atoms with Crippen LogP contribution in [0.25, 0.3) is 0 Å². The van der Waals surface area contributed by atoms with E-state index in [1.54, 1.807) is 0 Å². The molecule has 5 heteroatoms. The molecule has 0 radical (unpaired) electrons. The Bertz CT molecular complexity index is 206. The van der Waals surface area contributed by atoms with Gasteiger partial charge in [0.25, 0.3) is 6.43 Å². The average Bonchev–Trinajstić information content (AvgIpc) is 1.99. The molecule has 1 aliphatic heterocycles. The topological polar surface area (TPSA) is 41.1 Å². The summed E-state index contributed by atoms with van der Waals surface area (Å²) in [6.07, 6.45) is -2.48. The molecule has 1 atom stereocenters. The van der Waals surface area contributed by atoms with Crippen molar-refractivity contribution >= 4 is 5.91 Å². The van der Waals surface area contributed by atoms with E-state index in [0.29, 0.717) is 0 Å². The molecule has 1 aliphatic rings. The second-order valence-electron chi connectivity index (χ2n) is 3.94. The number of hydrogen-bond acceptors (Lipinski definition) is 2. The highest BCUT2D eigenvalue weighted by Crippen LogP contribution is 2.27. The predicted octanol–water partition coefficient (Wildman–Crippen LogP) is 0.366. The van der Waals surface area contributed by atoms with Crippen molar-refractivity contribution in [1.29, 1.82) is 0 Å². The van der Waals surface area contributed by atoms with E-state index in [9.17, 15) is 13.6 Å².